The Bertz CT molecular complexity index is 1090. The van der Waals surface area contributed by atoms with Gasteiger partial charge in [-0.2, -0.15) is 4.68 Å². The Morgan fingerprint density at radius 3 is 2.77 bits per heavy atom. The molecule has 3 aromatic rings. The smallest absolute Gasteiger partial charge is 0.234 e. The number of methoxy groups -OCH3 is 1. The van der Waals surface area contributed by atoms with Gasteiger partial charge in [0.15, 0.2) is 0 Å². The molecule has 0 aliphatic carbocycles. The maximum atomic E-state index is 12.4. The molecule has 1 heterocycles. The fourth-order valence-corrected chi connectivity index (χ4v) is 3.44. The summed E-state index contributed by atoms with van der Waals surface area (Å²) in [5, 5.41) is 18.2. The molecule has 0 bridgehead atoms. The van der Waals surface area contributed by atoms with Gasteiger partial charge in [-0.05, 0) is 47.2 Å². The monoisotopic (exact) mass is 446 g/mol. The van der Waals surface area contributed by atoms with E-state index in [2.05, 4.69) is 26.2 Å². The van der Waals surface area contributed by atoms with E-state index in [0.29, 0.717) is 33.0 Å². The third kappa shape index (κ3) is 5.28. The number of carbonyl (C=O) groups is 2. The highest BCUT2D eigenvalue weighted by Gasteiger charge is 2.14. The molecule has 2 amide bonds. The van der Waals surface area contributed by atoms with Gasteiger partial charge in [-0.15, -0.1) is 5.10 Å². The first-order valence-corrected chi connectivity index (χ1v) is 10.2. The first-order chi connectivity index (χ1) is 14.4. The van der Waals surface area contributed by atoms with Gasteiger partial charge in [0.25, 0.3) is 0 Å². The minimum absolute atomic E-state index is 0.0799. The SMILES string of the molecule is COc1cc(Cl)c(C)cc1NC(=O)CSc1nnnn1-c1cccc(NC(C)=O)c1. The third-order valence-corrected chi connectivity index (χ3v) is 5.27. The van der Waals surface area contributed by atoms with Crippen molar-refractivity contribution in [2.75, 3.05) is 23.5 Å². The van der Waals surface area contributed by atoms with Crippen LogP contribution in [0.1, 0.15) is 12.5 Å². The Balaban J connectivity index is 1.70. The number of rotatable bonds is 7. The van der Waals surface area contributed by atoms with E-state index in [4.69, 9.17) is 16.3 Å². The summed E-state index contributed by atoms with van der Waals surface area (Å²) in [6, 6.07) is 10.5. The van der Waals surface area contributed by atoms with Gasteiger partial charge >= 0.3 is 0 Å². The fourth-order valence-electron chi connectivity index (χ4n) is 2.60. The van der Waals surface area contributed by atoms with Gasteiger partial charge in [0.05, 0.1) is 24.2 Å². The van der Waals surface area contributed by atoms with Crippen LogP contribution in [0.25, 0.3) is 5.69 Å². The standard InChI is InChI=1S/C19H19ClN6O3S/c1-11-7-16(17(29-3)9-15(11)20)22-18(28)10-30-19-23-24-25-26(19)14-6-4-5-13(8-14)21-12(2)27/h4-9H,10H2,1-3H3,(H,21,27)(H,22,28). The Labute approximate surface area is 182 Å². The highest BCUT2D eigenvalue weighted by atomic mass is 35.5. The summed E-state index contributed by atoms with van der Waals surface area (Å²) in [4.78, 5) is 23.7. The number of ether oxygens (including phenoxy) is 1. The van der Waals surface area contributed by atoms with Crippen LogP contribution in [0, 0.1) is 6.92 Å². The van der Waals surface area contributed by atoms with Gasteiger partial charge in [-0.25, -0.2) is 0 Å². The predicted molar refractivity (Wildman–Crippen MR) is 116 cm³/mol. The van der Waals surface area contributed by atoms with E-state index in [-0.39, 0.29) is 17.6 Å². The van der Waals surface area contributed by atoms with Crippen molar-refractivity contribution in [2.45, 2.75) is 19.0 Å². The van der Waals surface area contributed by atoms with E-state index < -0.39 is 0 Å². The first kappa shape index (κ1) is 21.6. The fraction of sp³-hybridized carbons (Fsp3) is 0.211. The van der Waals surface area contributed by atoms with Crippen LogP contribution in [0.4, 0.5) is 11.4 Å². The number of nitrogens with zero attached hydrogens (tertiary/aromatic N) is 4. The number of benzene rings is 2. The molecule has 30 heavy (non-hydrogen) atoms. The molecule has 3 rings (SSSR count). The molecular formula is C19H19ClN6O3S. The van der Waals surface area contributed by atoms with E-state index in [1.165, 1.54) is 30.5 Å². The van der Waals surface area contributed by atoms with Crippen LogP contribution in [0.5, 0.6) is 5.75 Å². The van der Waals surface area contributed by atoms with Crippen molar-refractivity contribution >= 4 is 46.6 Å². The van der Waals surface area contributed by atoms with Gasteiger partial charge in [0.1, 0.15) is 5.75 Å². The van der Waals surface area contributed by atoms with Crippen LogP contribution >= 0.6 is 23.4 Å². The second kappa shape index (κ2) is 9.59. The second-order valence-electron chi connectivity index (χ2n) is 6.24. The molecule has 156 valence electrons. The van der Waals surface area contributed by atoms with Crippen LogP contribution < -0.4 is 15.4 Å². The number of nitrogens with one attached hydrogen (secondary N) is 2. The first-order valence-electron chi connectivity index (χ1n) is 8.80. The number of amides is 2. The maximum absolute atomic E-state index is 12.4. The summed E-state index contributed by atoms with van der Waals surface area (Å²) in [6.07, 6.45) is 0. The van der Waals surface area contributed by atoms with Crippen LogP contribution in [-0.4, -0.2) is 44.9 Å². The molecule has 2 aromatic carbocycles. The molecule has 0 unspecified atom stereocenters. The Hall–Kier alpha value is -3.11. The molecular weight excluding hydrogens is 428 g/mol. The Morgan fingerprint density at radius 1 is 1.23 bits per heavy atom. The summed E-state index contributed by atoms with van der Waals surface area (Å²) in [7, 11) is 1.51. The van der Waals surface area contributed by atoms with E-state index in [0.717, 1.165) is 5.56 Å². The third-order valence-electron chi connectivity index (χ3n) is 3.94. The van der Waals surface area contributed by atoms with E-state index >= 15 is 0 Å². The minimum Gasteiger partial charge on any atom is -0.495 e. The van der Waals surface area contributed by atoms with Crippen molar-refractivity contribution in [3.8, 4) is 11.4 Å². The summed E-state index contributed by atoms with van der Waals surface area (Å²) >= 11 is 7.28. The summed E-state index contributed by atoms with van der Waals surface area (Å²) in [5.74, 6) is 0.129. The molecule has 0 saturated heterocycles. The van der Waals surface area contributed by atoms with E-state index in [1.54, 1.807) is 36.4 Å². The zero-order valence-corrected chi connectivity index (χ0v) is 18.0. The molecule has 0 aliphatic heterocycles. The largest absolute Gasteiger partial charge is 0.495 e. The van der Waals surface area contributed by atoms with Crippen molar-refractivity contribution in [3.63, 3.8) is 0 Å². The van der Waals surface area contributed by atoms with Gasteiger partial charge in [-0.3, -0.25) is 9.59 Å². The lowest BCUT2D eigenvalue weighted by Gasteiger charge is -2.12. The van der Waals surface area contributed by atoms with Gasteiger partial charge < -0.3 is 15.4 Å². The normalized spacial score (nSPS) is 10.5. The average Bonchev–Trinajstić information content (AvgIpc) is 3.17. The topological polar surface area (TPSA) is 111 Å². The summed E-state index contributed by atoms with van der Waals surface area (Å²) in [6.45, 7) is 3.27. The number of hydrogen-bond acceptors (Lipinski definition) is 7. The van der Waals surface area contributed by atoms with Crippen LogP contribution in [0.2, 0.25) is 5.02 Å². The number of hydrogen-bond donors (Lipinski definition) is 2. The molecule has 9 nitrogen and oxygen atoms in total. The average molecular weight is 447 g/mol. The number of aromatic nitrogens is 4. The highest BCUT2D eigenvalue weighted by molar-refractivity contribution is 7.99. The maximum Gasteiger partial charge on any atom is 0.234 e. The number of carbonyl (C=O) groups excluding carboxylic acids is 2. The number of aryl methyl sites for hydroxylation is 1. The molecule has 0 aliphatic rings. The molecule has 0 saturated carbocycles. The second-order valence-corrected chi connectivity index (χ2v) is 7.59. The Kier molecular flexibility index (Phi) is 6.91. The van der Waals surface area contributed by atoms with Gasteiger partial charge in [0.2, 0.25) is 17.0 Å². The molecule has 0 radical (unpaired) electrons. The number of anilines is 2. The number of halogens is 1. The van der Waals surface area contributed by atoms with Crippen LogP contribution in [0.3, 0.4) is 0 Å². The zero-order chi connectivity index (χ0) is 21.7. The molecule has 11 heteroatoms. The van der Waals surface area contributed by atoms with Gasteiger partial charge in [-0.1, -0.05) is 29.4 Å². The predicted octanol–water partition coefficient (Wildman–Crippen LogP) is 3.32. The molecule has 1 aromatic heterocycles. The Morgan fingerprint density at radius 2 is 2.03 bits per heavy atom. The number of tetrazole rings is 1. The quantitative estimate of drug-likeness (QED) is 0.535. The highest BCUT2D eigenvalue weighted by Crippen LogP contribution is 2.31. The lowest BCUT2D eigenvalue weighted by molar-refractivity contribution is -0.114. The van der Waals surface area contributed by atoms with E-state index in [9.17, 15) is 9.59 Å². The zero-order valence-electron chi connectivity index (χ0n) is 16.5. The van der Waals surface area contributed by atoms with Crippen LogP contribution in [0.15, 0.2) is 41.6 Å². The van der Waals surface area contributed by atoms with Crippen molar-refractivity contribution in [2.24, 2.45) is 0 Å². The summed E-state index contributed by atoms with van der Waals surface area (Å²) < 4.78 is 6.77. The van der Waals surface area contributed by atoms with E-state index in [1.807, 2.05) is 6.92 Å². The van der Waals surface area contributed by atoms with Crippen molar-refractivity contribution in [1.29, 1.82) is 0 Å². The molecule has 0 atom stereocenters. The van der Waals surface area contributed by atoms with Gasteiger partial charge in [0, 0.05) is 23.7 Å². The minimum atomic E-state index is -0.249. The number of thioether (sulfide) groups is 1. The van der Waals surface area contributed by atoms with Crippen molar-refractivity contribution in [3.05, 3.63) is 47.0 Å². The lowest BCUT2D eigenvalue weighted by Crippen LogP contribution is -2.15. The molecule has 2 N–H and O–H groups in total. The molecule has 0 fully saturated rings. The molecule has 0 spiro atoms. The van der Waals surface area contributed by atoms with Crippen molar-refractivity contribution in [1.82, 2.24) is 20.2 Å². The summed E-state index contributed by atoms with van der Waals surface area (Å²) in [5.41, 5.74) is 2.63. The van der Waals surface area contributed by atoms with Crippen LogP contribution in [-0.2, 0) is 9.59 Å². The van der Waals surface area contributed by atoms with Crippen molar-refractivity contribution < 1.29 is 14.3 Å². The lowest BCUT2D eigenvalue weighted by atomic mass is 10.2.